The topological polar surface area (TPSA) is 63.6 Å². The zero-order valence-electron chi connectivity index (χ0n) is 7.77. The van der Waals surface area contributed by atoms with Crippen molar-refractivity contribution >= 4 is 27.7 Å². The first kappa shape index (κ1) is 10.4. The van der Waals surface area contributed by atoms with E-state index in [0.717, 1.165) is 9.50 Å². The van der Waals surface area contributed by atoms with Crippen LogP contribution in [0.3, 0.4) is 0 Å². The number of H-pyrrole nitrogens is 1. The first-order valence-corrected chi connectivity index (χ1v) is 5.69. The molecule has 0 amide bonds. The van der Waals surface area contributed by atoms with Crippen LogP contribution < -0.4 is 5.69 Å². The third kappa shape index (κ3) is 2.13. The summed E-state index contributed by atoms with van der Waals surface area (Å²) in [6, 6.07) is 3.72. The Balaban J connectivity index is 2.34. The smallest absolute Gasteiger partial charge is 0.273 e. The van der Waals surface area contributed by atoms with E-state index in [9.17, 15) is 4.79 Å². The molecule has 0 atom stereocenters. The highest BCUT2D eigenvalue weighted by atomic mass is 79.9. The van der Waals surface area contributed by atoms with Crippen LogP contribution in [0.4, 0.5) is 0 Å². The molecule has 2 rings (SSSR count). The maximum atomic E-state index is 11.1. The second kappa shape index (κ2) is 4.19. The van der Waals surface area contributed by atoms with Crippen LogP contribution in [0.2, 0.25) is 0 Å². The van der Waals surface area contributed by atoms with Crippen molar-refractivity contribution in [1.29, 1.82) is 0 Å². The summed E-state index contributed by atoms with van der Waals surface area (Å²) in [7, 11) is 1.66. The Morgan fingerprint density at radius 1 is 1.60 bits per heavy atom. The molecular formula is C8H7BrN4OS. The lowest BCUT2D eigenvalue weighted by Crippen LogP contribution is -2.12. The van der Waals surface area contributed by atoms with E-state index >= 15 is 0 Å². The van der Waals surface area contributed by atoms with Crippen molar-refractivity contribution in [3.05, 3.63) is 33.3 Å². The molecular weight excluding hydrogens is 280 g/mol. The molecule has 0 aliphatic heterocycles. The van der Waals surface area contributed by atoms with E-state index in [1.165, 1.54) is 16.3 Å². The fourth-order valence-corrected chi connectivity index (χ4v) is 2.22. The van der Waals surface area contributed by atoms with Gasteiger partial charge in [0.05, 0.1) is 4.47 Å². The number of rotatable bonds is 2. The van der Waals surface area contributed by atoms with Crippen molar-refractivity contribution in [2.45, 2.75) is 10.2 Å². The summed E-state index contributed by atoms with van der Waals surface area (Å²) in [5.74, 6) is 0. The number of hydrogen-bond acceptors (Lipinski definition) is 4. The summed E-state index contributed by atoms with van der Waals surface area (Å²) in [5.41, 5.74) is -0.232. The molecule has 0 saturated carbocycles. The molecule has 78 valence electrons. The van der Waals surface area contributed by atoms with E-state index in [2.05, 4.69) is 31.1 Å². The maximum absolute atomic E-state index is 11.1. The highest BCUT2D eigenvalue weighted by molar-refractivity contribution is 9.10. The zero-order valence-corrected chi connectivity index (χ0v) is 10.2. The number of nitrogens with one attached hydrogen (secondary N) is 1. The van der Waals surface area contributed by atoms with Crippen LogP contribution in [0.15, 0.2) is 37.8 Å². The SMILES string of the molecule is Cn1c(Sc2ncccc2Br)n[nH]c1=O. The largest absolute Gasteiger partial charge is 0.343 e. The number of nitrogens with zero attached hydrogens (tertiary/aromatic N) is 3. The van der Waals surface area contributed by atoms with Crippen molar-refractivity contribution in [2.75, 3.05) is 0 Å². The van der Waals surface area contributed by atoms with Crippen LogP contribution in [-0.2, 0) is 7.05 Å². The second-order valence-corrected chi connectivity index (χ2v) is 4.57. The van der Waals surface area contributed by atoms with Crippen LogP contribution in [0.25, 0.3) is 0 Å². The Hall–Kier alpha value is -1.08. The molecule has 5 nitrogen and oxygen atoms in total. The van der Waals surface area contributed by atoms with E-state index < -0.39 is 0 Å². The van der Waals surface area contributed by atoms with E-state index in [1.54, 1.807) is 13.2 Å². The molecule has 0 saturated heterocycles. The van der Waals surface area contributed by atoms with E-state index in [0.29, 0.717) is 5.16 Å². The molecule has 0 bridgehead atoms. The minimum absolute atomic E-state index is 0.232. The molecule has 0 aliphatic rings. The molecule has 7 heteroatoms. The molecule has 0 radical (unpaired) electrons. The van der Waals surface area contributed by atoms with Gasteiger partial charge in [-0.15, -0.1) is 5.10 Å². The summed E-state index contributed by atoms with van der Waals surface area (Å²) in [6.45, 7) is 0. The summed E-state index contributed by atoms with van der Waals surface area (Å²) in [4.78, 5) is 15.3. The van der Waals surface area contributed by atoms with Gasteiger partial charge in [0.1, 0.15) is 5.03 Å². The quantitative estimate of drug-likeness (QED) is 0.907. The maximum Gasteiger partial charge on any atom is 0.343 e. The summed E-state index contributed by atoms with van der Waals surface area (Å²) >= 11 is 4.70. The predicted octanol–water partition coefficient (Wildman–Crippen LogP) is 1.42. The van der Waals surface area contributed by atoms with Crippen molar-refractivity contribution in [3.63, 3.8) is 0 Å². The van der Waals surface area contributed by atoms with Gasteiger partial charge in [-0.25, -0.2) is 14.9 Å². The highest BCUT2D eigenvalue weighted by Gasteiger charge is 2.09. The van der Waals surface area contributed by atoms with E-state index in [1.807, 2.05) is 12.1 Å². The Bertz CT molecular complexity index is 535. The van der Waals surface area contributed by atoms with Gasteiger partial charge in [-0.1, -0.05) is 0 Å². The van der Waals surface area contributed by atoms with Crippen molar-refractivity contribution in [2.24, 2.45) is 7.05 Å². The third-order valence-corrected chi connectivity index (χ3v) is 3.72. The normalized spacial score (nSPS) is 10.5. The minimum atomic E-state index is -0.232. The first-order valence-electron chi connectivity index (χ1n) is 4.08. The Labute approximate surface area is 98.1 Å². The van der Waals surface area contributed by atoms with Gasteiger partial charge < -0.3 is 0 Å². The summed E-state index contributed by atoms with van der Waals surface area (Å²) < 4.78 is 2.32. The molecule has 2 heterocycles. The molecule has 0 unspecified atom stereocenters. The fourth-order valence-electron chi connectivity index (χ4n) is 0.957. The van der Waals surface area contributed by atoms with Gasteiger partial charge in [0.15, 0.2) is 5.16 Å². The average molecular weight is 287 g/mol. The molecule has 15 heavy (non-hydrogen) atoms. The molecule has 0 fully saturated rings. The Morgan fingerprint density at radius 3 is 3.00 bits per heavy atom. The Kier molecular flexibility index (Phi) is 2.92. The van der Waals surface area contributed by atoms with E-state index in [-0.39, 0.29) is 5.69 Å². The van der Waals surface area contributed by atoms with Gasteiger partial charge in [0.25, 0.3) is 0 Å². The lowest BCUT2D eigenvalue weighted by Gasteiger charge is -2.00. The van der Waals surface area contributed by atoms with Gasteiger partial charge in [-0.05, 0) is 39.8 Å². The average Bonchev–Trinajstić information content (AvgIpc) is 2.53. The van der Waals surface area contributed by atoms with Crippen LogP contribution in [0.1, 0.15) is 0 Å². The minimum Gasteiger partial charge on any atom is -0.273 e. The highest BCUT2D eigenvalue weighted by Crippen LogP contribution is 2.28. The Morgan fingerprint density at radius 2 is 2.40 bits per heavy atom. The molecule has 1 N–H and O–H groups in total. The third-order valence-electron chi connectivity index (χ3n) is 1.75. The number of pyridine rings is 1. The van der Waals surface area contributed by atoms with Crippen molar-refractivity contribution in [1.82, 2.24) is 19.7 Å². The fraction of sp³-hybridized carbons (Fsp3) is 0.125. The molecule has 0 aromatic carbocycles. The number of aromatic nitrogens is 4. The molecule has 0 spiro atoms. The van der Waals surface area contributed by atoms with Crippen molar-refractivity contribution in [3.8, 4) is 0 Å². The van der Waals surface area contributed by atoms with Crippen LogP contribution in [-0.4, -0.2) is 19.7 Å². The van der Waals surface area contributed by atoms with Crippen molar-refractivity contribution < 1.29 is 0 Å². The molecule has 2 aromatic heterocycles. The van der Waals surface area contributed by atoms with Crippen LogP contribution in [0.5, 0.6) is 0 Å². The lowest BCUT2D eigenvalue weighted by molar-refractivity contribution is 0.764. The van der Waals surface area contributed by atoms with E-state index in [4.69, 9.17) is 0 Å². The zero-order chi connectivity index (χ0) is 10.8. The van der Waals surface area contributed by atoms with Gasteiger partial charge >= 0.3 is 5.69 Å². The monoisotopic (exact) mass is 286 g/mol. The summed E-state index contributed by atoms with van der Waals surface area (Å²) in [6.07, 6.45) is 1.69. The second-order valence-electron chi connectivity index (χ2n) is 2.76. The summed E-state index contributed by atoms with van der Waals surface area (Å²) in [5, 5.41) is 7.61. The van der Waals surface area contributed by atoms with Gasteiger partial charge in [0, 0.05) is 13.2 Å². The molecule has 2 aromatic rings. The number of aromatic amines is 1. The van der Waals surface area contributed by atoms with Gasteiger partial charge in [0.2, 0.25) is 0 Å². The predicted molar refractivity (Wildman–Crippen MR) is 59.9 cm³/mol. The molecule has 0 aliphatic carbocycles. The number of hydrogen-bond donors (Lipinski definition) is 1. The first-order chi connectivity index (χ1) is 7.18. The number of halogens is 1. The van der Waals surface area contributed by atoms with Crippen LogP contribution >= 0.6 is 27.7 Å². The van der Waals surface area contributed by atoms with Crippen LogP contribution in [0, 0.1) is 0 Å². The van der Waals surface area contributed by atoms with Gasteiger partial charge in [-0.2, -0.15) is 0 Å². The lowest BCUT2D eigenvalue weighted by atomic mass is 10.5. The van der Waals surface area contributed by atoms with Gasteiger partial charge in [-0.3, -0.25) is 4.57 Å². The standard InChI is InChI=1S/C8H7BrN4OS/c1-13-7(14)11-12-8(13)15-6-5(9)3-2-4-10-6/h2-4H,1H3,(H,11,14).